The maximum atomic E-state index is 5.15. The van der Waals surface area contributed by atoms with Crippen molar-refractivity contribution in [1.82, 2.24) is 19.9 Å². The van der Waals surface area contributed by atoms with Gasteiger partial charge in [-0.15, -0.1) is 11.3 Å². The lowest BCUT2D eigenvalue weighted by Gasteiger charge is -2.12. The van der Waals surface area contributed by atoms with Crippen molar-refractivity contribution in [2.24, 2.45) is 0 Å². The van der Waals surface area contributed by atoms with E-state index in [0.717, 1.165) is 38.2 Å². The molecule has 0 aliphatic heterocycles. The summed E-state index contributed by atoms with van der Waals surface area (Å²) in [6.07, 6.45) is 3.82. The van der Waals surface area contributed by atoms with E-state index in [1.54, 1.807) is 11.3 Å². The first-order chi connectivity index (χ1) is 21.3. The highest BCUT2D eigenvalue weighted by atomic mass is 32.1. The molecular formula is C38H22N4S. The average molecular weight is 567 g/mol. The van der Waals surface area contributed by atoms with Crippen LogP contribution < -0.4 is 0 Å². The summed E-state index contributed by atoms with van der Waals surface area (Å²) >= 11 is 1.79. The van der Waals surface area contributed by atoms with E-state index in [4.69, 9.17) is 15.0 Å². The molecule has 200 valence electrons. The highest BCUT2D eigenvalue weighted by Crippen LogP contribution is 2.41. The van der Waals surface area contributed by atoms with Crippen LogP contribution in [0.3, 0.4) is 0 Å². The average Bonchev–Trinajstić information content (AvgIpc) is 3.46. The molecule has 9 aromatic rings. The number of pyridine rings is 1. The summed E-state index contributed by atoms with van der Waals surface area (Å²) in [4.78, 5) is 19.8. The zero-order chi connectivity index (χ0) is 28.3. The molecule has 0 bridgehead atoms. The van der Waals surface area contributed by atoms with Gasteiger partial charge in [-0.3, -0.25) is 4.98 Å². The van der Waals surface area contributed by atoms with E-state index in [-0.39, 0.29) is 0 Å². The Morgan fingerprint density at radius 3 is 1.77 bits per heavy atom. The molecule has 3 aromatic heterocycles. The van der Waals surface area contributed by atoms with Gasteiger partial charge in [-0.2, -0.15) is 0 Å². The predicted molar refractivity (Wildman–Crippen MR) is 179 cm³/mol. The minimum atomic E-state index is 0.656. The van der Waals surface area contributed by atoms with E-state index in [1.165, 1.54) is 30.9 Å². The van der Waals surface area contributed by atoms with Crippen LogP contribution in [0.1, 0.15) is 0 Å². The van der Waals surface area contributed by atoms with Gasteiger partial charge in [0.25, 0.3) is 0 Å². The Labute approximate surface area is 251 Å². The van der Waals surface area contributed by atoms with Crippen LogP contribution in [0.5, 0.6) is 0 Å². The molecule has 9 rings (SSSR count). The molecule has 3 heterocycles. The molecule has 0 amide bonds. The van der Waals surface area contributed by atoms with Gasteiger partial charge in [0.2, 0.25) is 0 Å². The van der Waals surface area contributed by atoms with Crippen LogP contribution in [0.4, 0.5) is 0 Å². The molecule has 0 aliphatic carbocycles. The Hall–Kier alpha value is -5.52. The maximum Gasteiger partial charge on any atom is 0.164 e. The number of hydrogen-bond donors (Lipinski definition) is 0. The highest BCUT2D eigenvalue weighted by Gasteiger charge is 2.18. The van der Waals surface area contributed by atoms with Crippen molar-refractivity contribution in [3.63, 3.8) is 0 Å². The van der Waals surface area contributed by atoms with Crippen LogP contribution in [-0.2, 0) is 0 Å². The van der Waals surface area contributed by atoms with Crippen molar-refractivity contribution >= 4 is 63.8 Å². The van der Waals surface area contributed by atoms with Gasteiger partial charge in [-0.1, -0.05) is 103 Å². The third-order valence-corrected chi connectivity index (χ3v) is 9.38. The summed E-state index contributed by atoms with van der Waals surface area (Å²) in [6, 6.07) is 42.4. The summed E-state index contributed by atoms with van der Waals surface area (Å²) in [5.41, 5.74) is 2.92. The number of nitrogens with zero attached hydrogens (tertiary/aromatic N) is 4. The zero-order valence-electron chi connectivity index (χ0n) is 22.9. The van der Waals surface area contributed by atoms with Crippen LogP contribution in [-0.4, -0.2) is 19.9 Å². The number of fused-ring (bicyclic) bond motifs is 7. The quantitative estimate of drug-likeness (QED) is 0.213. The van der Waals surface area contributed by atoms with Crippen molar-refractivity contribution in [2.45, 2.75) is 0 Å². The first kappa shape index (κ1) is 24.1. The van der Waals surface area contributed by atoms with E-state index in [0.29, 0.717) is 17.5 Å². The molecule has 0 spiro atoms. The summed E-state index contributed by atoms with van der Waals surface area (Å²) in [6.45, 7) is 0. The standard InChI is InChI=1S/C38H22N4S/c1-3-8-26-20-28(14-12-23(26)6-1)36-40-37(29-15-13-24-7-2-4-9-27(24)21-29)42-38(41-36)31-11-5-10-25-16-17-30-32-22-39-19-18-33(32)43-35(30)34(25)31/h1-22H. The topological polar surface area (TPSA) is 51.6 Å². The third-order valence-electron chi connectivity index (χ3n) is 8.17. The largest absolute Gasteiger partial charge is 0.264 e. The van der Waals surface area contributed by atoms with E-state index in [1.807, 2.05) is 12.4 Å². The molecule has 0 radical (unpaired) electrons. The smallest absolute Gasteiger partial charge is 0.164 e. The molecule has 0 unspecified atom stereocenters. The monoisotopic (exact) mass is 566 g/mol. The predicted octanol–water partition coefficient (Wildman–Crippen LogP) is 10.1. The first-order valence-electron chi connectivity index (χ1n) is 14.2. The second-order valence-corrected chi connectivity index (χ2v) is 11.8. The molecule has 0 saturated carbocycles. The molecule has 0 atom stereocenters. The van der Waals surface area contributed by atoms with Gasteiger partial charge in [0.05, 0.1) is 0 Å². The lowest BCUT2D eigenvalue weighted by molar-refractivity contribution is 1.08. The van der Waals surface area contributed by atoms with Gasteiger partial charge < -0.3 is 0 Å². The van der Waals surface area contributed by atoms with E-state index in [9.17, 15) is 0 Å². The number of thiophene rings is 1. The Morgan fingerprint density at radius 1 is 0.465 bits per heavy atom. The number of hydrogen-bond acceptors (Lipinski definition) is 5. The molecule has 6 aromatic carbocycles. The van der Waals surface area contributed by atoms with Crippen LogP contribution in [0.15, 0.2) is 134 Å². The summed E-state index contributed by atoms with van der Waals surface area (Å²) in [5, 5.41) is 9.36. The molecular weight excluding hydrogens is 545 g/mol. The van der Waals surface area contributed by atoms with E-state index in [2.05, 4.69) is 126 Å². The molecule has 0 fully saturated rings. The lowest BCUT2D eigenvalue weighted by Crippen LogP contribution is -2.00. The SMILES string of the molecule is c1ccc2cc(-c3nc(-c4ccc5ccccc5c4)nc(-c4cccc5ccc6c7cnccc7sc6c45)n3)ccc2c1. The van der Waals surface area contributed by atoms with Crippen LogP contribution in [0.2, 0.25) is 0 Å². The number of benzene rings is 6. The van der Waals surface area contributed by atoms with Crippen LogP contribution in [0.25, 0.3) is 86.7 Å². The van der Waals surface area contributed by atoms with Gasteiger partial charge in [-0.25, -0.2) is 15.0 Å². The fourth-order valence-corrected chi connectivity index (χ4v) is 7.28. The number of aromatic nitrogens is 4. The van der Waals surface area contributed by atoms with E-state index >= 15 is 0 Å². The minimum absolute atomic E-state index is 0.656. The van der Waals surface area contributed by atoms with Gasteiger partial charge >= 0.3 is 0 Å². The molecule has 0 saturated heterocycles. The van der Waals surface area contributed by atoms with Crippen molar-refractivity contribution in [3.8, 4) is 34.2 Å². The van der Waals surface area contributed by atoms with Crippen molar-refractivity contribution < 1.29 is 0 Å². The minimum Gasteiger partial charge on any atom is -0.264 e. The van der Waals surface area contributed by atoms with E-state index < -0.39 is 0 Å². The lowest BCUT2D eigenvalue weighted by atomic mass is 10.0. The fourth-order valence-electron chi connectivity index (χ4n) is 6.04. The third kappa shape index (κ3) is 3.97. The summed E-state index contributed by atoms with van der Waals surface area (Å²) < 4.78 is 2.44. The maximum absolute atomic E-state index is 5.15. The molecule has 43 heavy (non-hydrogen) atoms. The normalized spacial score (nSPS) is 11.7. The molecule has 4 nitrogen and oxygen atoms in total. The Bertz CT molecular complexity index is 2430. The Kier molecular flexibility index (Phi) is 5.33. The molecule has 5 heteroatoms. The van der Waals surface area contributed by atoms with Gasteiger partial charge in [-0.05, 0) is 45.1 Å². The van der Waals surface area contributed by atoms with Crippen molar-refractivity contribution in [3.05, 3.63) is 134 Å². The zero-order valence-corrected chi connectivity index (χ0v) is 23.7. The first-order valence-corrected chi connectivity index (χ1v) is 15.0. The second-order valence-electron chi connectivity index (χ2n) is 10.7. The van der Waals surface area contributed by atoms with Crippen molar-refractivity contribution in [1.29, 1.82) is 0 Å². The highest BCUT2D eigenvalue weighted by molar-refractivity contribution is 7.26. The fraction of sp³-hybridized carbons (Fsp3) is 0. The Morgan fingerprint density at radius 2 is 1.07 bits per heavy atom. The molecule has 0 aliphatic rings. The number of rotatable bonds is 3. The van der Waals surface area contributed by atoms with Gasteiger partial charge in [0.15, 0.2) is 17.5 Å². The summed E-state index contributed by atoms with van der Waals surface area (Å²) in [5.74, 6) is 1.97. The van der Waals surface area contributed by atoms with Crippen molar-refractivity contribution in [2.75, 3.05) is 0 Å². The van der Waals surface area contributed by atoms with Crippen LogP contribution >= 0.6 is 11.3 Å². The Balaban J connectivity index is 1.33. The van der Waals surface area contributed by atoms with Gasteiger partial charge in [0, 0.05) is 54.6 Å². The van der Waals surface area contributed by atoms with Crippen LogP contribution in [0, 0.1) is 0 Å². The van der Waals surface area contributed by atoms with Gasteiger partial charge in [0.1, 0.15) is 0 Å². The summed E-state index contributed by atoms with van der Waals surface area (Å²) in [7, 11) is 0. The second kappa shape index (κ2) is 9.51. The molecule has 0 N–H and O–H groups in total.